The minimum Gasteiger partial charge on any atom is -0.352 e. The van der Waals surface area contributed by atoms with Crippen LogP contribution in [0.15, 0.2) is 84.9 Å². The van der Waals surface area contributed by atoms with Crippen LogP contribution in [0.3, 0.4) is 0 Å². The number of hydrogen-bond acceptors (Lipinski definition) is 3. The lowest BCUT2D eigenvalue weighted by atomic mass is 9.87. The minimum absolute atomic E-state index is 0.198. The van der Waals surface area contributed by atoms with E-state index in [-0.39, 0.29) is 24.4 Å². The molecule has 0 amide bonds. The standard InChI is InChI=1S/C30H30O3/c1-3-13-23-21(9-1)11-5-15-25(23)27-17-7-19-31-29(27)33-30-28(18-8-20-32-30)26-16-6-12-22-10-2-4-14-24(22)26/h1-6,9-16,27-30H,7-8,17-20H2. The first kappa shape index (κ1) is 20.9. The maximum Gasteiger partial charge on any atom is 0.167 e. The van der Waals surface area contributed by atoms with Crippen LogP contribution in [0.1, 0.15) is 48.6 Å². The molecule has 0 aliphatic carbocycles. The summed E-state index contributed by atoms with van der Waals surface area (Å²) in [6, 6.07) is 30.4. The molecule has 4 atom stereocenters. The first-order valence-corrected chi connectivity index (χ1v) is 12.2. The van der Waals surface area contributed by atoms with Gasteiger partial charge in [0.05, 0.1) is 0 Å². The summed E-state index contributed by atoms with van der Waals surface area (Å²) in [6.07, 6.45) is 3.61. The molecule has 0 N–H and O–H groups in total. The Morgan fingerprint density at radius 1 is 0.545 bits per heavy atom. The van der Waals surface area contributed by atoms with E-state index >= 15 is 0 Å². The van der Waals surface area contributed by atoms with Gasteiger partial charge in [-0.05, 0) is 58.4 Å². The molecule has 4 aromatic rings. The topological polar surface area (TPSA) is 27.7 Å². The first-order valence-electron chi connectivity index (χ1n) is 12.2. The van der Waals surface area contributed by atoms with E-state index < -0.39 is 0 Å². The summed E-state index contributed by atoms with van der Waals surface area (Å²) in [5.41, 5.74) is 2.63. The molecular formula is C30H30O3. The summed E-state index contributed by atoms with van der Waals surface area (Å²) in [6.45, 7) is 1.47. The average Bonchev–Trinajstić information content (AvgIpc) is 2.89. The van der Waals surface area contributed by atoms with Crippen molar-refractivity contribution < 1.29 is 14.2 Å². The maximum atomic E-state index is 6.72. The summed E-state index contributed by atoms with van der Waals surface area (Å²) in [4.78, 5) is 0. The van der Waals surface area contributed by atoms with Crippen LogP contribution in [0.5, 0.6) is 0 Å². The maximum absolute atomic E-state index is 6.72. The quantitative estimate of drug-likeness (QED) is 0.339. The van der Waals surface area contributed by atoms with Gasteiger partial charge in [-0.2, -0.15) is 0 Å². The van der Waals surface area contributed by atoms with Crippen molar-refractivity contribution in [3.05, 3.63) is 96.1 Å². The molecule has 2 heterocycles. The van der Waals surface area contributed by atoms with Gasteiger partial charge in [-0.3, -0.25) is 0 Å². The van der Waals surface area contributed by atoms with Gasteiger partial charge in [-0.15, -0.1) is 0 Å². The van der Waals surface area contributed by atoms with Gasteiger partial charge < -0.3 is 14.2 Å². The monoisotopic (exact) mass is 438 g/mol. The molecule has 4 aromatic carbocycles. The van der Waals surface area contributed by atoms with Crippen LogP contribution >= 0.6 is 0 Å². The van der Waals surface area contributed by atoms with Gasteiger partial charge in [-0.1, -0.05) is 84.9 Å². The number of hydrogen-bond donors (Lipinski definition) is 0. The van der Waals surface area contributed by atoms with Gasteiger partial charge in [0.1, 0.15) is 0 Å². The molecule has 3 nitrogen and oxygen atoms in total. The Morgan fingerprint density at radius 3 is 1.52 bits per heavy atom. The van der Waals surface area contributed by atoms with E-state index in [0.717, 1.165) is 38.9 Å². The van der Waals surface area contributed by atoms with Crippen LogP contribution in [0.4, 0.5) is 0 Å². The predicted molar refractivity (Wildman–Crippen MR) is 132 cm³/mol. The normalized spacial score (nSPS) is 25.9. The van der Waals surface area contributed by atoms with Crippen LogP contribution in [-0.4, -0.2) is 25.8 Å². The van der Waals surface area contributed by atoms with Crippen molar-refractivity contribution in [3.8, 4) is 0 Å². The third-order valence-corrected chi connectivity index (χ3v) is 7.25. The second kappa shape index (κ2) is 9.26. The Balaban J connectivity index is 1.33. The zero-order valence-corrected chi connectivity index (χ0v) is 18.9. The van der Waals surface area contributed by atoms with Crippen LogP contribution in [0, 0.1) is 0 Å². The number of ether oxygens (including phenoxy) is 3. The van der Waals surface area contributed by atoms with E-state index in [1.54, 1.807) is 0 Å². The summed E-state index contributed by atoms with van der Waals surface area (Å²) in [5.74, 6) is 0.395. The number of benzene rings is 4. The smallest absolute Gasteiger partial charge is 0.167 e. The van der Waals surface area contributed by atoms with Crippen LogP contribution in [0.25, 0.3) is 21.5 Å². The predicted octanol–water partition coefficient (Wildman–Crippen LogP) is 7.15. The van der Waals surface area contributed by atoms with Crippen LogP contribution < -0.4 is 0 Å². The van der Waals surface area contributed by atoms with Crippen molar-refractivity contribution in [1.29, 1.82) is 0 Å². The largest absolute Gasteiger partial charge is 0.352 e. The van der Waals surface area contributed by atoms with E-state index in [4.69, 9.17) is 14.2 Å². The summed E-state index contributed by atoms with van der Waals surface area (Å²) in [7, 11) is 0. The fourth-order valence-corrected chi connectivity index (χ4v) is 5.66. The molecule has 33 heavy (non-hydrogen) atoms. The molecule has 4 unspecified atom stereocenters. The highest BCUT2D eigenvalue weighted by Crippen LogP contribution is 2.40. The Labute approximate surface area is 195 Å². The second-order valence-electron chi connectivity index (χ2n) is 9.25. The van der Waals surface area contributed by atoms with Gasteiger partial charge in [0.15, 0.2) is 12.6 Å². The molecule has 6 rings (SSSR count). The Hall–Kier alpha value is -2.72. The zero-order valence-electron chi connectivity index (χ0n) is 18.9. The minimum atomic E-state index is -0.301. The van der Waals surface area contributed by atoms with Crippen molar-refractivity contribution in [2.45, 2.75) is 50.1 Å². The summed E-state index contributed by atoms with van der Waals surface area (Å²) >= 11 is 0. The molecule has 168 valence electrons. The van der Waals surface area contributed by atoms with E-state index in [1.165, 1.54) is 32.7 Å². The van der Waals surface area contributed by atoms with Gasteiger partial charge in [0, 0.05) is 25.0 Å². The fraction of sp³-hybridized carbons (Fsp3) is 0.333. The van der Waals surface area contributed by atoms with Crippen LogP contribution in [-0.2, 0) is 14.2 Å². The van der Waals surface area contributed by atoms with E-state index in [0.29, 0.717) is 0 Å². The lowest BCUT2D eigenvalue weighted by Crippen LogP contribution is -2.39. The third-order valence-electron chi connectivity index (χ3n) is 7.25. The average molecular weight is 439 g/mol. The van der Waals surface area contributed by atoms with Gasteiger partial charge in [-0.25, -0.2) is 0 Å². The van der Waals surface area contributed by atoms with Crippen molar-refractivity contribution >= 4 is 21.5 Å². The SMILES string of the molecule is c1ccc2c(C3CCCOC3OC3OCCCC3c3cccc4ccccc34)cccc2c1. The summed E-state index contributed by atoms with van der Waals surface area (Å²) < 4.78 is 19.3. The van der Waals surface area contributed by atoms with E-state index in [9.17, 15) is 0 Å². The molecule has 2 saturated heterocycles. The fourth-order valence-electron chi connectivity index (χ4n) is 5.66. The zero-order chi connectivity index (χ0) is 22.0. The van der Waals surface area contributed by atoms with Crippen molar-refractivity contribution in [1.82, 2.24) is 0 Å². The van der Waals surface area contributed by atoms with Crippen molar-refractivity contribution in [3.63, 3.8) is 0 Å². The second-order valence-corrected chi connectivity index (χ2v) is 9.25. The number of fused-ring (bicyclic) bond motifs is 2. The third kappa shape index (κ3) is 4.06. The highest BCUT2D eigenvalue weighted by Gasteiger charge is 2.36. The van der Waals surface area contributed by atoms with Gasteiger partial charge in [0.25, 0.3) is 0 Å². The molecule has 2 aliphatic heterocycles. The molecular weight excluding hydrogens is 408 g/mol. The molecule has 2 aliphatic rings. The van der Waals surface area contributed by atoms with Gasteiger partial charge in [0.2, 0.25) is 0 Å². The Kier molecular flexibility index (Phi) is 5.85. The number of rotatable bonds is 4. The van der Waals surface area contributed by atoms with Crippen molar-refractivity contribution in [2.75, 3.05) is 13.2 Å². The first-order chi connectivity index (χ1) is 16.4. The molecule has 0 saturated carbocycles. The lowest BCUT2D eigenvalue weighted by molar-refractivity contribution is -0.277. The Bertz CT molecular complexity index is 1140. The van der Waals surface area contributed by atoms with Crippen LogP contribution in [0.2, 0.25) is 0 Å². The molecule has 0 spiro atoms. The van der Waals surface area contributed by atoms with Crippen molar-refractivity contribution in [2.24, 2.45) is 0 Å². The van der Waals surface area contributed by atoms with E-state index in [1.807, 2.05) is 0 Å². The highest BCUT2D eigenvalue weighted by atomic mass is 16.8. The summed E-state index contributed by atoms with van der Waals surface area (Å²) in [5, 5.41) is 5.11. The highest BCUT2D eigenvalue weighted by molar-refractivity contribution is 5.87. The molecule has 0 aromatic heterocycles. The molecule has 2 fully saturated rings. The van der Waals surface area contributed by atoms with E-state index in [2.05, 4.69) is 84.9 Å². The lowest BCUT2D eigenvalue weighted by Gasteiger charge is -2.39. The molecule has 0 bridgehead atoms. The molecule has 0 radical (unpaired) electrons. The molecule has 3 heteroatoms. The Morgan fingerprint density at radius 2 is 1.00 bits per heavy atom. The van der Waals surface area contributed by atoms with Gasteiger partial charge >= 0.3 is 0 Å².